The lowest BCUT2D eigenvalue weighted by atomic mass is 9.97. The van der Waals surface area contributed by atoms with Gasteiger partial charge in [0.25, 0.3) is 5.91 Å². The van der Waals surface area contributed by atoms with Crippen molar-refractivity contribution in [3.63, 3.8) is 0 Å². The van der Waals surface area contributed by atoms with Gasteiger partial charge >= 0.3 is 0 Å². The van der Waals surface area contributed by atoms with Gasteiger partial charge < -0.3 is 20.2 Å². The predicted octanol–water partition coefficient (Wildman–Crippen LogP) is 1.88. The third-order valence-corrected chi connectivity index (χ3v) is 5.44. The van der Waals surface area contributed by atoms with Gasteiger partial charge in [-0.3, -0.25) is 9.59 Å². The molecule has 0 atom stereocenters. The van der Waals surface area contributed by atoms with Gasteiger partial charge in [0.15, 0.2) is 5.65 Å². The Morgan fingerprint density at radius 2 is 1.90 bits per heavy atom. The Morgan fingerprint density at radius 3 is 2.61 bits per heavy atom. The molecule has 1 aliphatic heterocycles. The van der Waals surface area contributed by atoms with E-state index in [1.807, 2.05) is 0 Å². The van der Waals surface area contributed by atoms with E-state index < -0.39 is 5.60 Å². The van der Waals surface area contributed by atoms with E-state index in [1.165, 1.54) is 0 Å². The summed E-state index contributed by atoms with van der Waals surface area (Å²) in [5, 5.41) is 17.3. The van der Waals surface area contributed by atoms with Crippen molar-refractivity contribution in [2.75, 3.05) is 36.4 Å². The highest BCUT2D eigenvalue weighted by Gasteiger charge is 2.20. The summed E-state index contributed by atoms with van der Waals surface area (Å²) in [5.41, 5.74) is 0.865. The van der Waals surface area contributed by atoms with Crippen LogP contribution in [-0.2, 0) is 10.4 Å². The number of carbonyl (C=O) groups is 2. The van der Waals surface area contributed by atoms with Crippen LogP contribution in [0.25, 0.3) is 5.65 Å². The molecular formula is C22H26N6O3. The van der Waals surface area contributed by atoms with Crippen LogP contribution >= 0.6 is 0 Å². The van der Waals surface area contributed by atoms with Crippen molar-refractivity contribution in [2.24, 2.45) is 0 Å². The molecule has 9 nitrogen and oxygen atoms in total. The Kier molecular flexibility index (Phi) is 5.60. The van der Waals surface area contributed by atoms with Gasteiger partial charge in [-0.2, -0.15) is 9.61 Å². The first kappa shape index (κ1) is 20.8. The number of nitrogens with zero attached hydrogens (tertiary/aromatic N) is 5. The first-order chi connectivity index (χ1) is 14.8. The zero-order chi connectivity index (χ0) is 22.0. The average molecular weight is 422 g/mol. The van der Waals surface area contributed by atoms with E-state index in [-0.39, 0.29) is 5.91 Å². The molecule has 0 bridgehead atoms. The molecule has 31 heavy (non-hydrogen) atoms. The van der Waals surface area contributed by atoms with Crippen LogP contribution in [0.1, 0.15) is 36.2 Å². The number of hydrogen-bond acceptors (Lipinski definition) is 6. The molecule has 2 aromatic heterocycles. The second-order valence-electron chi connectivity index (χ2n) is 8.17. The first-order valence-electron chi connectivity index (χ1n) is 10.3. The van der Waals surface area contributed by atoms with Gasteiger partial charge in [0.05, 0.1) is 11.8 Å². The molecule has 3 aromatic rings. The van der Waals surface area contributed by atoms with E-state index in [1.54, 1.807) is 65.9 Å². The Labute approximate surface area is 180 Å². The Bertz CT molecular complexity index is 1090. The van der Waals surface area contributed by atoms with Crippen molar-refractivity contribution in [1.82, 2.24) is 19.5 Å². The van der Waals surface area contributed by atoms with Crippen LogP contribution < -0.4 is 10.2 Å². The largest absolute Gasteiger partial charge is 0.386 e. The molecule has 4 rings (SSSR count). The first-order valence-corrected chi connectivity index (χ1v) is 10.3. The summed E-state index contributed by atoms with van der Waals surface area (Å²) < 4.78 is 1.74. The number of fused-ring (bicyclic) bond motifs is 1. The summed E-state index contributed by atoms with van der Waals surface area (Å²) in [5.74, 6) is 0.957. The summed E-state index contributed by atoms with van der Waals surface area (Å²) in [4.78, 5) is 32.3. The maximum Gasteiger partial charge on any atom is 0.256 e. The molecule has 0 spiro atoms. The van der Waals surface area contributed by atoms with Gasteiger partial charge in [-0.15, -0.1) is 0 Å². The molecule has 0 aliphatic carbocycles. The molecule has 3 heterocycles. The Morgan fingerprint density at radius 1 is 1.13 bits per heavy atom. The minimum Gasteiger partial charge on any atom is -0.386 e. The van der Waals surface area contributed by atoms with Crippen LogP contribution in [0.4, 0.5) is 11.6 Å². The summed E-state index contributed by atoms with van der Waals surface area (Å²) in [6.45, 7) is 6.19. The number of amides is 2. The summed E-state index contributed by atoms with van der Waals surface area (Å²) >= 11 is 0. The molecule has 0 radical (unpaired) electrons. The number of aromatic nitrogens is 3. The van der Waals surface area contributed by atoms with E-state index in [4.69, 9.17) is 0 Å². The Hall–Kier alpha value is -3.46. The number of nitrogens with one attached hydrogen (secondary N) is 1. The number of anilines is 2. The number of aliphatic hydroxyl groups is 1. The van der Waals surface area contributed by atoms with E-state index >= 15 is 0 Å². The van der Waals surface area contributed by atoms with Crippen LogP contribution in [0.2, 0.25) is 0 Å². The number of hydrogen-bond donors (Lipinski definition) is 2. The number of rotatable bonds is 5. The van der Waals surface area contributed by atoms with Gasteiger partial charge in [-0.05, 0) is 38.0 Å². The highest BCUT2D eigenvalue weighted by Crippen LogP contribution is 2.23. The zero-order valence-corrected chi connectivity index (χ0v) is 17.7. The van der Waals surface area contributed by atoms with Crippen molar-refractivity contribution in [3.8, 4) is 0 Å². The van der Waals surface area contributed by atoms with Gasteiger partial charge in [0.1, 0.15) is 11.6 Å². The minimum atomic E-state index is -0.967. The van der Waals surface area contributed by atoms with Crippen molar-refractivity contribution in [2.45, 2.75) is 25.9 Å². The molecule has 2 amide bonds. The lowest BCUT2D eigenvalue weighted by Gasteiger charge is -2.23. The molecule has 0 saturated carbocycles. The zero-order valence-electron chi connectivity index (χ0n) is 17.7. The predicted molar refractivity (Wildman–Crippen MR) is 117 cm³/mol. The second kappa shape index (κ2) is 8.35. The SMILES string of the molecule is CC(C)(O)c1ccc(C(=O)Nc2cc(N3CCCN(C=O)CC3)n3nccc3n2)cc1. The molecule has 9 heteroatoms. The Balaban J connectivity index is 1.58. The normalized spacial score (nSPS) is 15.1. The summed E-state index contributed by atoms with van der Waals surface area (Å²) in [6, 6.07) is 10.4. The molecule has 1 saturated heterocycles. The minimum absolute atomic E-state index is 0.285. The van der Waals surface area contributed by atoms with Gasteiger partial charge in [-0.25, -0.2) is 4.98 Å². The smallest absolute Gasteiger partial charge is 0.256 e. The summed E-state index contributed by atoms with van der Waals surface area (Å²) in [6.07, 6.45) is 3.40. The van der Waals surface area contributed by atoms with Crippen molar-refractivity contribution in [3.05, 3.63) is 53.7 Å². The molecule has 1 fully saturated rings. The second-order valence-corrected chi connectivity index (χ2v) is 8.17. The van der Waals surface area contributed by atoms with Crippen LogP contribution in [-0.4, -0.2) is 63.1 Å². The highest BCUT2D eigenvalue weighted by atomic mass is 16.3. The van der Waals surface area contributed by atoms with Gasteiger partial charge in [0.2, 0.25) is 6.41 Å². The van der Waals surface area contributed by atoms with Gasteiger partial charge in [-0.1, -0.05) is 12.1 Å². The van der Waals surface area contributed by atoms with E-state index in [9.17, 15) is 14.7 Å². The topological polar surface area (TPSA) is 103 Å². The average Bonchev–Trinajstić information content (AvgIpc) is 3.09. The van der Waals surface area contributed by atoms with E-state index in [0.29, 0.717) is 30.1 Å². The molecule has 0 unspecified atom stereocenters. The molecule has 162 valence electrons. The monoisotopic (exact) mass is 422 g/mol. The summed E-state index contributed by atoms with van der Waals surface area (Å²) in [7, 11) is 0. The van der Waals surface area contributed by atoms with Gasteiger partial charge in [0, 0.05) is 43.9 Å². The van der Waals surface area contributed by atoms with Crippen LogP contribution in [0, 0.1) is 0 Å². The third kappa shape index (κ3) is 4.51. The quantitative estimate of drug-likeness (QED) is 0.609. The standard InChI is InChI=1S/C22H26N6O3/c1-22(2,31)17-6-4-16(5-7-17)21(30)25-18-14-20(28-19(24-18)8-9-23-28)27-11-3-10-26(15-29)12-13-27/h4-9,14-15,31H,3,10-13H2,1-2H3,(H,24,25,30). The fourth-order valence-electron chi connectivity index (χ4n) is 3.68. The van der Waals surface area contributed by atoms with E-state index in [2.05, 4.69) is 20.3 Å². The highest BCUT2D eigenvalue weighted by molar-refractivity contribution is 6.04. The molecule has 2 N–H and O–H groups in total. The fraction of sp³-hybridized carbons (Fsp3) is 0.364. The fourth-order valence-corrected chi connectivity index (χ4v) is 3.68. The lowest BCUT2D eigenvalue weighted by Crippen LogP contribution is -2.31. The number of benzene rings is 1. The molecule has 1 aromatic carbocycles. The maximum atomic E-state index is 12.8. The third-order valence-electron chi connectivity index (χ3n) is 5.44. The molecule has 1 aliphatic rings. The van der Waals surface area contributed by atoms with Crippen LogP contribution in [0.5, 0.6) is 0 Å². The van der Waals surface area contributed by atoms with Crippen molar-refractivity contribution >= 4 is 29.6 Å². The van der Waals surface area contributed by atoms with Crippen molar-refractivity contribution in [1.29, 1.82) is 0 Å². The van der Waals surface area contributed by atoms with E-state index in [0.717, 1.165) is 37.3 Å². The number of carbonyl (C=O) groups excluding carboxylic acids is 2. The van der Waals surface area contributed by atoms with Crippen LogP contribution in [0.3, 0.4) is 0 Å². The lowest BCUT2D eigenvalue weighted by molar-refractivity contribution is -0.117. The van der Waals surface area contributed by atoms with Crippen LogP contribution in [0.15, 0.2) is 42.6 Å². The maximum absolute atomic E-state index is 12.8. The molecular weight excluding hydrogens is 396 g/mol. The van der Waals surface area contributed by atoms with Crippen molar-refractivity contribution < 1.29 is 14.7 Å².